The van der Waals surface area contributed by atoms with Gasteiger partial charge < -0.3 is 0 Å². The Hall–Kier alpha value is 0.860. The Morgan fingerprint density at radius 1 is 0.556 bits per heavy atom. The average molecular weight is 290 g/mol. The van der Waals surface area contributed by atoms with Crippen LogP contribution in [0.25, 0.3) is 0 Å². The zero-order valence-corrected chi connectivity index (χ0v) is 15.9. The van der Waals surface area contributed by atoms with E-state index in [0.717, 1.165) is 0 Å². The summed E-state index contributed by atoms with van der Waals surface area (Å²) in [6.45, 7) is 19.3. The fourth-order valence-electron chi connectivity index (χ4n) is 1.72. The second kappa shape index (κ2) is 8.21. The molecular weight excluding hydrogens is 254 g/mol. The zero-order valence-electron chi connectivity index (χ0n) is 14.1. The lowest BCUT2D eigenvalue weighted by Gasteiger charge is -2.28. The Morgan fingerprint density at radius 3 is 1.06 bits per heavy atom. The molecule has 18 heavy (non-hydrogen) atoms. The summed E-state index contributed by atoms with van der Waals surface area (Å²) in [5.41, 5.74) is 0. The minimum absolute atomic E-state index is 0.231. The first-order valence-corrected chi connectivity index (χ1v) is 11.4. The molecule has 0 aliphatic rings. The van der Waals surface area contributed by atoms with E-state index < -0.39 is 0 Å². The van der Waals surface area contributed by atoms with Crippen LogP contribution in [0.3, 0.4) is 0 Å². The summed E-state index contributed by atoms with van der Waals surface area (Å²) in [4.78, 5) is 0. The molecule has 0 aromatic carbocycles. The molecule has 0 nitrogen and oxygen atoms in total. The maximum Gasteiger partial charge on any atom is -0.0182 e. The zero-order chi connectivity index (χ0) is 14.4. The Bertz CT molecular complexity index is 186. The number of hydrogen-bond donors (Lipinski definition) is 0. The first-order valence-electron chi connectivity index (χ1n) is 7.47. The molecule has 0 heterocycles. The van der Waals surface area contributed by atoms with Crippen LogP contribution in [0.5, 0.6) is 0 Å². The van der Waals surface area contributed by atoms with Gasteiger partial charge in [0.15, 0.2) is 0 Å². The lowest BCUT2D eigenvalue weighted by atomic mass is 10.2. The number of hydrogen-bond acceptors (Lipinski definition) is 0. The van der Waals surface area contributed by atoms with Crippen molar-refractivity contribution >= 4 is 15.8 Å². The molecule has 0 aliphatic carbocycles. The third-order valence-corrected chi connectivity index (χ3v) is 10.6. The van der Waals surface area contributed by atoms with Gasteiger partial charge in [0.1, 0.15) is 0 Å². The van der Waals surface area contributed by atoms with E-state index in [1.54, 1.807) is 0 Å². The van der Waals surface area contributed by atoms with Gasteiger partial charge in [0.25, 0.3) is 0 Å². The van der Waals surface area contributed by atoms with Crippen molar-refractivity contribution in [2.24, 2.45) is 0 Å². The third kappa shape index (κ3) is 8.87. The van der Waals surface area contributed by atoms with Crippen LogP contribution in [0.2, 0.25) is 0 Å². The van der Waals surface area contributed by atoms with Gasteiger partial charge >= 0.3 is 0 Å². The molecule has 0 fully saturated rings. The van der Waals surface area contributed by atoms with Gasteiger partial charge in [-0.1, -0.05) is 54.4 Å². The molecule has 0 saturated carbocycles. The molecule has 0 rings (SSSR count). The van der Waals surface area contributed by atoms with Crippen molar-refractivity contribution in [3.63, 3.8) is 0 Å². The van der Waals surface area contributed by atoms with Crippen LogP contribution in [-0.2, 0) is 0 Å². The summed E-state index contributed by atoms with van der Waals surface area (Å²) in [5.74, 6) is 0. The van der Waals surface area contributed by atoms with Gasteiger partial charge in [-0.25, -0.2) is 0 Å². The van der Waals surface area contributed by atoms with Gasteiger partial charge in [-0.3, -0.25) is 0 Å². The smallest absolute Gasteiger partial charge is 0.0182 e. The maximum absolute atomic E-state index is 2.47. The molecule has 2 atom stereocenters. The number of unbranched alkanes of at least 4 members (excludes halogenated alkanes) is 3. The van der Waals surface area contributed by atoms with E-state index in [9.17, 15) is 0 Å². The molecule has 0 aromatic rings. The first-order chi connectivity index (χ1) is 8.05. The highest BCUT2D eigenvalue weighted by molar-refractivity contribution is 7.58. The topological polar surface area (TPSA) is 0 Å². The summed E-state index contributed by atoms with van der Waals surface area (Å²) in [7, 11) is 0.461. The Balaban J connectivity index is 3.53. The maximum atomic E-state index is 2.47. The quantitative estimate of drug-likeness (QED) is 0.377. The second-order valence-corrected chi connectivity index (χ2v) is 14.0. The van der Waals surface area contributed by atoms with E-state index in [1.807, 2.05) is 0 Å². The third-order valence-electron chi connectivity index (χ3n) is 4.03. The van der Waals surface area contributed by atoms with Gasteiger partial charge in [-0.15, -0.1) is 15.8 Å². The highest BCUT2D eigenvalue weighted by atomic mass is 31.1. The summed E-state index contributed by atoms with van der Waals surface area (Å²) >= 11 is 0. The molecule has 0 saturated heterocycles. The predicted octanol–water partition coefficient (Wildman–Crippen LogP) is 6.37. The predicted molar refractivity (Wildman–Crippen MR) is 93.4 cm³/mol. The van der Waals surface area contributed by atoms with E-state index >= 15 is 0 Å². The lowest BCUT2D eigenvalue weighted by Crippen LogP contribution is -2.13. The van der Waals surface area contributed by atoms with Crippen molar-refractivity contribution in [2.45, 2.75) is 77.5 Å². The van der Waals surface area contributed by atoms with Gasteiger partial charge in [-0.2, -0.15) is 0 Å². The first kappa shape index (κ1) is 18.9. The SMILES string of the molecule is CP(CCCCCCP(C)C(C)(C)C)C(C)(C)C. The molecule has 0 aromatic heterocycles. The Kier molecular flexibility index (Phi) is 8.61. The Morgan fingerprint density at radius 2 is 0.833 bits per heavy atom. The fraction of sp³-hybridized carbons (Fsp3) is 1.00. The normalized spacial score (nSPS) is 16.7. The molecule has 0 radical (unpaired) electrons. The van der Waals surface area contributed by atoms with Crippen molar-refractivity contribution in [3.05, 3.63) is 0 Å². The van der Waals surface area contributed by atoms with E-state index in [2.05, 4.69) is 54.9 Å². The van der Waals surface area contributed by atoms with Crippen LogP contribution >= 0.6 is 15.8 Å². The van der Waals surface area contributed by atoms with Crippen molar-refractivity contribution in [1.29, 1.82) is 0 Å². The van der Waals surface area contributed by atoms with Gasteiger partial charge in [0, 0.05) is 0 Å². The summed E-state index contributed by atoms with van der Waals surface area (Å²) in [6.07, 6.45) is 8.76. The van der Waals surface area contributed by atoms with Crippen molar-refractivity contribution in [2.75, 3.05) is 25.7 Å². The van der Waals surface area contributed by atoms with Crippen molar-refractivity contribution < 1.29 is 0 Å². The van der Waals surface area contributed by atoms with Crippen LogP contribution in [0.1, 0.15) is 67.2 Å². The molecule has 0 spiro atoms. The molecule has 0 aliphatic heterocycles. The molecule has 2 heteroatoms. The van der Waals surface area contributed by atoms with Crippen molar-refractivity contribution in [3.8, 4) is 0 Å². The molecule has 0 N–H and O–H groups in total. The number of rotatable bonds is 7. The molecule has 2 unspecified atom stereocenters. The van der Waals surface area contributed by atoms with E-state index in [4.69, 9.17) is 0 Å². The van der Waals surface area contributed by atoms with Crippen molar-refractivity contribution in [1.82, 2.24) is 0 Å². The Labute approximate surface area is 119 Å². The summed E-state index contributed by atoms with van der Waals surface area (Å²) in [5, 5.41) is 1.11. The van der Waals surface area contributed by atoms with Crippen LogP contribution in [0.15, 0.2) is 0 Å². The van der Waals surface area contributed by atoms with Gasteiger partial charge in [0.2, 0.25) is 0 Å². The van der Waals surface area contributed by atoms with E-state index in [1.165, 1.54) is 38.0 Å². The minimum Gasteiger partial charge on any atom is -0.104 e. The largest absolute Gasteiger partial charge is 0.104 e. The highest BCUT2D eigenvalue weighted by Gasteiger charge is 2.19. The van der Waals surface area contributed by atoms with Gasteiger partial charge in [0.05, 0.1) is 0 Å². The average Bonchev–Trinajstić information content (AvgIpc) is 2.19. The fourth-order valence-corrected chi connectivity index (χ4v) is 4.46. The molecule has 0 bridgehead atoms. The minimum atomic E-state index is 0.231. The van der Waals surface area contributed by atoms with Crippen LogP contribution in [0, 0.1) is 0 Å². The summed E-state index contributed by atoms with van der Waals surface area (Å²) in [6, 6.07) is 0. The monoisotopic (exact) mass is 290 g/mol. The van der Waals surface area contributed by atoms with Gasteiger partial charge in [-0.05, 0) is 48.8 Å². The highest BCUT2D eigenvalue weighted by Crippen LogP contribution is 2.47. The second-order valence-electron chi connectivity index (χ2n) is 7.60. The van der Waals surface area contributed by atoms with Crippen LogP contribution in [0.4, 0.5) is 0 Å². The van der Waals surface area contributed by atoms with E-state index in [-0.39, 0.29) is 15.8 Å². The lowest BCUT2D eigenvalue weighted by molar-refractivity contribution is 0.694. The van der Waals surface area contributed by atoms with Crippen LogP contribution < -0.4 is 0 Å². The molecule has 110 valence electrons. The molecular formula is C16H36P2. The summed E-state index contributed by atoms with van der Waals surface area (Å²) < 4.78 is 0. The van der Waals surface area contributed by atoms with Crippen LogP contribution in [-0.4, -0.2) is 36.0 Å². The van der Waals surface area contributed by atoms with E-state index in [0.29, 0.717) is 10.3 Å². The molecule has 0 amide bonds. The standard InChI is InChI=1S/C16H36P2/c1-15(2,3)17(7)13-11-9-10-12-14-18(8)16(4,5)6/h9-14H2,1-8H3.